The Morgan fingerprint density at radius 2 is 1.47 bits per heavy atom. The van der Waals surface area contributed by atoms with Gasteiger partial charge in [0.2, 0.25) is 81.8 Å². The number of carbonyl (C=O) groups is 15. The van der Waals surface area contributed by atoms with Gasteiger partial charge >= 0.3 is 12.1 Å². The van der Waals surface area contributed by atoms with Crippen molar-refractivity contribution in [2.24, 2.45) is 35.0 Å². The molecule has 111 heavy (non-hydrogen) atoms. The number of H-pyrrole nitrogens is 1. The third-order valence-corrected chi connectivity index (χ3v) is 21.0. The predicted molar refractivity (Wildman–Crippen MR) is 406 cm³/mol. The number of ether oxygens (including phenoxy) is 2. The van der Waals surface area contributed by atoms with Crippen molar-refractivity contribution in [2.75, 3.05) is 63.3 Å². The standard InChI is InChI=1S/C71H107N17O21S2/c1-9-37(5)58(84-54(94)10-2)65(101)78-30-56(96)80-49-35-111(107)68-44(28-47(61(73)97)82-67(103)59(38(6)51(92)32-89)86-64(100)50-27-42(91)31-88(50)69(104)48(29-53(72)93)83-63(49)99)43-21-22-52(108-8)45(60(43)87-68)34-110-26-25-77-71(106)109-33-40-17-19-41(20-18-40)79-62(98)46(15-14-24-76-70(74)105)81-66(102)57(36(3)4)85-55(95)16-12-11-13-23-75-39(7)90/h17-22,36-38,42,46-51,57-59,87,89,91-92H,9-16,23-35H2,1-8H3,(H2,72,93)(H2,73,97)(H,75,90)(H,77,106)(H,78,101)(H,79,98)(H,80,96)(H,81,102)(H,82,103)(H,83,99)(H,84,94)(H,85,95)(H,86,100)(H3,74,76,105)/t37-,38-,42+,46-,47-,48-,49-,50-,51-,57-,58-,59-,111?/m0/s1. The second kappa shape index (κ2) is 45.3. The van der Waals surface area contributed by atoms with Gasteiger partial charge in [-0.3, -0.25) is 62.3 Å². The van der Waals surface area contributed by atoms with E-state index < -0.39 is 205 Å². The third-order valence-electron chi connectivity index (χ3n) is 18.6. The molecule has 614 valence electrons. The fraction of sp³-hybridized carbons (Fsp3) is 0.592. The fourth-order valence-electron chi connectivity index (χ4n) is 12.1. The molecule has 2 aromatic carbocycles. The fourth-order valence-corrected chi connectivity index (χ4v) is 14.4. The number of rotatable bonds is 38. The average Bonchev–Trinajstić information content (AvgIpc) is 1.62. The van der Waals surface area contributed by atoms with Crippen molar-refractivity contribution < 1.29 is 101 Å². The Labute approximate surface area is 649 Å². The first-order valence-electron chi connectivity index (χ1n) is 36.6. The van der Waals surface area contributed by atoms with E-state index in [9.17, 15) is 87.2 Å². The molecule has 1 saturated heterocycles. The zero-order valence-electron chi connectivity index (χ0n) is 63.5. The number of anilines is 1. The van der Waals surface area contributed by atoms with Crippen molar-refractivity contribution in [3.05, 3.63) is 53.1 Å². The molecule has 5 rings (SSSR count). The van der Waals surface area contributed by atoms with E-state index in [4.69, 9.17) is 26.7 Å². The number of carbonyl (C=O) groups excluding carboxylic acids is 15. The van der Waals surface area contributed by atoms with E-state index in [1.165, 1.54) is 38.8 Å². The summed E-state index contributed by atoms with van der Waals surface area (Å²) in [5.74, 6) is -13.4. The number of benzene rings is 2. The maximum absolute atomic E-state index is 15.4. The number of thioether (sulfide) groups is 1. The van der Waals surface area contributed by atoms with E-state index >= 15 is 4.55 Å². The first-order chi connectivity index (χ1) is 52.6. The van der Waals surface area contributed by atoms with Gasteiger partial charge < -0.3 is 120 Å². The number of nitrogens with zero attached hydrogens (tertiary/aromatic N) is 1. The number of urea groups is 1. The number of aliphatic hydroxyl groups excluding tert-OH is 3. The minimum absolute atomic E-state index is 0.0344. The van der Waals surface area contributed by atoms with Crippen LogP contribution in [0, 0.1) is 17.8 Å². The molecule has 0 bridgehead atoms. The third kappa shape index (κ3) is 28.7. The van der Waals surface area contributed by atoms with Crippen molar-refractivity contribution >= 4 is 128 Å². The van der Waals surface area contributed by atoms with E-state index in [0.717, 1.165) is 4.90 Å². The van der Waals surface area contributed by atoms with Crippen LogP contribution in [0.4, 0.5) is 15.3 Å². The number of hydrogen-bond donors (Lipinski definition) is 19. The molecular formula is C71H107N17O21S2. The number of unbranched alkanes of at least 4 members (excludes halogenated alkanes) is 2. The quantitative estimate of drug-likeness (QED) is 0.0201. The molecule has 22 N–H and O–H groups in total. The molecule has 13 atom stereocenters. The van der Waals surface area contributed by atoms with Crippen LogP contribution in [-0.2, 0) is 97.0 Å². The highest BCUT2D eigenvalue weighted by molar-refractivity contribution is 7.98. The van der Waals surface area contributed by atoms with Gasteiger partial charge in [0.25, 0.3) is 0 Å². The Hall–Kier alpha value is -10.0. The van der Waals surface area contributed by atoms with Crippen LogP contribution in [0.15, 0.2) is 41.4 Å². The smallest absolute Gasteiger partial charge is 0.407 e. The number of methoxy groups -OCH3 is 1. The van der Waals surface area contributed by atoms with Crippen LogP contribution in [-0.4, -0.2) is 237 Å². The largest absolute Gasteiger partial charge is 0.610 e. The number of primary amides is 3. The first kappa shape index (κ1) is 91.6. The Bertz CT molecular complexity index is 3780. The summed E-state index contributed by atoms with van der Waals surface area (Å²) >= 11 is -1.26. The van der Waals surface area contributed by atoms with E-state index in [-0.39, 0.29) is 102 Å². The monoisotopic (exact) mass is 1600 g/mol. The van der Waals surface area contributed by atoms with Crippen molar-refractivity contribution in [3.8, 4) is 5.75 Å². The van der Waals surface area contributed by atoms with E-state index in [0.29, 0.717) is 49.0 Å². The minimum Gasteiger partial charge on any atom is -0.610 e. The van der Waals surface area contributed by atoms with E-state index in [2.05, 4.69) is 68.8 Å². The van der Waals surface area contributed by atoms with Crippen LogP contribution >= 0.6 is 11.8 Å². The molecule has 3 aromatic rings. The SMILES string of the molecule is CCC(=O)N[C@H](C(=O)NCC(=O)N[C@H]1C[S+]([O-])c2[nH]c3c(CSCCNC(=O)OCc4ccc(NC(=O)[C@H](CCCNC(N)=O)NC(=O)[C@@H](NC(=O)CCCCCNC(C)=O)C(C)C)cc4)c(OC)ccc3c2C[C@@H](C(N)=O)NC(=O)[C@H]([C@@H](C)[C@@H](O)CO)NC(=O)[C@@H]2C[C@@H](O)CN2C(=O)[C@H](CC(N)=O)NC1=O)[C@@H](C)CC. The number of alkyl carbamates (subject to hydrolysis) is 1. The molecule has 2 aliphatic heterocycles. The Morgan fingerprint density at radius 3 is 2.10 bits per heavy atom. The molecule has 3 heterocycles. The number of hydrogen-bond acceptors (Lipinski definition) is 22. The van der Waals surface area contributed by atoms with Gasteiger partial charge in [0, 0.05) is 110 Å². The molecule has 1 fully saturated rings. The Balaban J connectivity index is 1.39. The van der Waals surface area contributed by atoms with Crippen LogP contribution in [0.2, 0.25) is 0 Å². The minimum atomic E-state index is -2.54. The van der Waals surface area contributed by atoms with Crippen molar-refractivity contribution in [2.45, 2.75) is 197 Å². The van der Waals surface area contributed by atoms with Crippen LogP contribution in [0.3, 0.4) is 0 Å². The number of aromatic nitrogens is 1. The highest BCUT2D eigenvalue weighted by atomic mass is 32.2. The number of amides is 16. The molecule has 40 heteroatoms. The summed E-state index contributed by atoms with van der Waals surface area (Å²) in [5, 5.41) is 62.8. The normalized spacial score (nSPS) is 19.9. The zero-order chi connectivity index (χ0) is 82.3. The summed E-state index contributed by atoms with van der Waals surface area (Å²) < 4.78 is 26.7. The van der Waals surface area contributed by atoms with Crippen LogP contribution < -0.4 is 85.7 Å². The van der Waals surface area contributed by atoms with E-state index in [1.54, 1.807) is 65.0 Å². The summed E-state index contributed by atoms with van der Waals surface area (Å²) in [6.07, 6.45) is -3.10. The topological polar surface area (TPSA) is 600 Å². The van der Waals surface area contributed by atoms with Crippen molar-refractivity contribution in [3.63, 3.8) is 0 Å². The van der Waals surface area contributed by atoms with Crippen molar-refractivity contribution in [1.29, 1.82) is 0 Å². The van der Waals surface area contributed by atoms with Gasteiger partial charge in [-0.15, -0.1) is 0 Å². The lowest BCUT2D eigenvalue weighted by Gasteiger charge is -2.32. The zero-order valence-corrected chi connectivity index (χ0v) is 65.1. The molecule has 0 spiro atoms. The molecule has 38 nitrogen and oxygen atoms in total. The number of aliphatic hydroxyl groups is 3. The molecule has 0 saturated carbocycles. The summed E-state index contributed by atoms with van der Waals surface area (Å²) in [4.78, 5) is 205. The molecule has 0 radical (unpaired) electrons. The van der Waals surface area contributed by atoms with Crippen LogP contribution in [0.1, 0.15) is 129 Å². The van der Waals surface area contributed by atoms with Gasteiger partial charge in [0.1, 0.15) is 60.4 Å². The number of nitrogens with two attached hydrogens (primary N) is 3. The van der Waals surface area contributed by atoms with Gasteiger partial charge in [0.05, 0.1) is 44.4 Å². The lowest BCUT2D eigenvalue weighted by atomic mass is 9.93. The van der Waals surface area contributed by atoms with Crippen LogP contribution in [0.5, 0.6) is 5.75 Å². The molecule has 16 amide bonds. The second-order valence-corrected chi connectivity index (χ2v) is 30.0. The second-order valence-electron chi connectivity index (χ2n) is 27.4. The maximum atomic E-state index is 15.4. The summed E-state index contributed by atoms with van der Waals surface area (Å²) in [7, 11) is 1.37. The average molecular weight is 1600 g/mol. The summed E-state index contributed by atoms with van der Waals surface area (Å²) in [5.41, 5.74) is 18.4. The summed E-state index contributed by atoms with van der Waals surface area (Å²) in [6, 6.07) is -3.69. The van der Waals surface area contributed by atoms with Gasteiger partial charge in [-0.25, -0.2) is 9.59 Å². The first-order valence-corrected chi connectivity index (χ1v) is 39.1. The molecular weight excluding hydrogens is 1490 g/mol. The lowest BCUT2D eigenvalue weighted by molar-refractivity contribution is -0.144. The van der Waals surface area contributed by atoms with Gasteiger partial charge in [0.15, 0.2) is 6.04 Å². The van der Waals surface area contributed by atoms with Crippen LogP contribution in [0.25, 0.3) is 10.9 Å². The van der Waals surface area contributed by atoms with Gasteiger partial charge in [-0.2, -0.15) is 11.8 Å². The van der Waals surface area contributed by atoms with Gasteiger partial charge in [-0.1, -0.05) is 66.5 Å². The maximum Gasteiger partial charge on any atom is 0.407 e. The van der Waals surface area contributed by atoms with Gasteiger partial charge in [-0.05, 0) is 67.3 Å². The predicted octanol–water partition coefficient (Wildman–Crippen LogP) is -2.98. The van der Waals surface area contributed by atoms with E-state index in [1.807, 2.05) is 0 Å². The highest BCUT2D eigenvalue weighted by Crippen LogP contribution is 2.37. The molecule has 1 unspecified atom stereocenters. The van der Waals surface area contributed by atoms with Crippen molar-refractivity contribution in [1.82, 2.24) is 68.4 Å². The Kier molecular flexibility index (Phi) is 37.4. The lowest BCUT2D eigenvalue weighted by Crippen LogP contribution is -2.61. The number of nitrogens with one attached hydrogen (secondary N) is 13. The summed E-state index contributed by atoms with van der Waals surface area (Å²) in [6.45, 7) is 9.31. The number of fused-ring (bicyclic) bond motifs is 4. The molecule has 1 aromatic heterocycles. The number of aromatic amines is 1. The molecule has 0 aliphatic carbocycles. The molecule has 2 aliphatic rings. The Morgan fingerprint density at radius 1 is 0.775 bits per heavy atom. The highest BCUT2D eigenvalue weighted by Gasteiger charge is 2.46.